The van der Waals surface area contributed by atoms with Crippen molar-refractivity contribution in [2.75, 3.05) is 0 Å². The average molecular weight is 382 g/mol. The molecule has 0 bridgehead atoms. The highest BCUT2D eigenvalue weighted by atomic mass is 79.9. The summed E-state index contributed by atoms with van der Waals surface area (Å²) in [5, 5.41) is 10.1. The highest BCUT2D eigenvalue weighted by Gasteiger charge is 2.11. The first-order valence-corrected chi connectivity index (χ1v) is 8.32. The van der Waals surface area contributed by atoms with Crippen LogP contribution in [-0.4, -0.2) is 16.1 Å². The third kappa shape index (κ3) is 3.39. The van der Waals surface area contributed by atoms with E-state index in [2.05, 4.69) is 53.0 Å². The minimum atomic E-state index is -0.957. The minimum absolute atomic E-state index is 0.251. The van der Waals surface area contributed by atoms with Gasteiger partial charge in [0.15, 0.2) is 0 Å². The van der Waals surface area contributed by atoms with Crippen LogP contribution >= 0.6 is 15.9 Å². The molecule has 0 aliphatic carbocycles. The van der Waals surface area contributed by atoms with Gasteiger partial charge in [0, 0.05) is 9.86 Å². The normalized spacial score (nSPS) is 11.3. The van der Waals surface area contributed by atoms with Crippen LogP contribution in [0, 0.1) is 13.8 Å². The molecular formula is C20H16BrNO2. The maximum atomic E-state index is 11.6. The summed E-state index contributed by atoms with van der Waals surface area (Å²) < 4.78 is 0.831. The Kier molecular flexibility index (Phi) is 4.49. The Morgan fingerprint density at radius 3 is 2.58 bits per heavy atom. The second kappa shape index (κ2) is 6.57. The Balaban J connectivity index is 2.08. The SMILES string of the molecule is Cc1ccc(C=Cc2cc(C(=O)O)c3cc(Br)ccc3n2)c(C)c1. The number of hydrogen-bond acceptors (Lipinski definition) is 2. The van der Waals surface area contributed by atoms with Gasteiger partial charge in [-0.05, 0) is 55.3 Å². The lowest BCUT2D eigenvalue weighted by atomic mass is 10.0. The summed E-state index contributed by atoms with van der Waals surface area (Å²) >= 11 is 3.37. The molecule has 3 nitrogen and oxygen atoms in total. The van der Waals surface area contributed by atoms with Crippen molar-refractivity contribution in [3.05, 3.63) is 74.9 Å². The lowest BCUT2D eigenvalue weighted by Crippen LogP contribution is -2.00. The molecule has 2 aromatic carbocycles. The van der Waals surface area contributed by atoms with Crippen molar-refractivity contribution in [3.8, 4) is 0 Å². The molecule has 3 aromatic rings. The zero-order valence-corrected chi connectivity index (χ0v) is 15.0. The molecule has 1 heterocycles. The van der Waals surface area contributed by atoms with Crippen LogP contribution in [0.15, 0.2) is 46.9 Å². The zero-order chi connectivity index (χ0) is 17.3. The van der Waals surface area contributed by atoms with Crippen molar-refractivity contribution < 1.29 is 9.90 Å². The van der Waals surface area contributed by atoms with Gasteiger partial charge in [-0.2, -0.15) is 0 Å². The number of pyridine rings is 1. The highest BCUT2D eigenvalue weighted by Crippen LogP contribution is 2.24. The number of aromatic carboxylic acids is 1. The quantitative estimate of drug-likeness (QED) is 0.652. The number of carboxylic acids is 1. The number of benzene rings is 2. The van der Waals surface area contributed by atoms with E-state index >= 15 is 0 Å². The van der Waals surface area contributed by atoms with Crippen LogP contribution in [0.4, 0.5) is 0 Å². The van der Waals surface area contributed by atoms with Gasteiger partial charge in [0.2, 0.25) is 0 Å². The molecule has 24 heavy (non-hydrogen) atoms. The van der Waals surface area contributed by atoms with E-state index in [0.29, 0.717) is 16.6 Å². The van der Waals surface area contributed by atoms with Gasteiger partial charge < -0.3 is 5.11 Å². The molecule has 0 saturated carbocycles. The molecule has 0 amide bonds. The molecule has 120 valence electrons. The number of aryl methyl sites for hydroxylation is 2. The van der Waals surface area contributed by atoms with E-state index < -0.39 is 5.97 Å². The Morgan fingerprint density at radius 2 is 1.88 bits per heavy atom. The first-order valence-electron chi connectivity index (χ1n) is 7.53. The number of fused-ring (bicyclic) bond motifs is 1. The van der Waals surface area contributed by atoms with Crippen LogP contribution in [0.3, 0.4) is 0 Å². The molecule has 0 atom stereocenters. The fourth-order valence-electron chi connectivity index (χ4n) is 2.67. The van der Waals surface area contributed by atoms with Crippen molar-refractivity contribution >= 4 is 45.0 Å². The third-order valence-corrected chi connectivity index (χ3v) is 4.37. The summed E-state index contributed by atoms with van der Waals surface area (Å²) in [6.45, 7) is 4.11. The molecule has 0 unspecified atom stereocenters. The smallest absolute Gasteiger partial charge is 0.336 e. The fourth-order valence-corrected chi connectivity index (χ4v) is 3.03. The molecular weight excluding hydrogens is 366 g/mol. The van der Waals surface area contributed by atoms with Crippen LogP contribution in [-0.2, 0) is 0 Å². The number of aromatic nitrogens is 1. The molecule has 0 aliphatic heterocycles. The number of rotatable bonds is 3. The summed E-state index contributed by atoms with van der Waals surface area (Å²) in [5.41, 5.74) is 5.03. The lowest BCUT2D eigenvalue weighted by Gasteiger charge is -2.06. The van der Waals surface area contributed by atoms with Crippen molar-refractivity contribution in [1.82, 2.24) is 4.98 Å². The Labute approximate surface area is 148 Å². The van der Waals surface area contributed by atoms with Crippen LogP contribution in [0.5, 0.6) is 0 Å². The summed E-state index contributed by atoms with van der Waals surface area (Å²) in [4.78, 5) is 16.1. The topological polar surface area (TPSA) is 50.2 Å². The van der Waals surface area contributed by atoms with Crippen molar-refractivity contribution in [2.24, 2.45) is 0 Å². The van der Waals surface area contributed by atoms with Gasteiger partial charge in [-0.15, -0.1) is 0 Å². The Hall–Kier alpha value is -2.46. The predicted molar refractivity (Wildman–Crippen MR) is 101 cm³/mol. The molecule has 0 radical (unpaired) electrons. The Bertz CT molecular complexity index is 977. The molecule has 0 fully saturated rings. The van der Waals surface area contributed by atoms with Gasteiger partial charge in [0.1, 0.15) is 0 Å². The van der Waals surface area contributed by atoms with Gasteiger partial charge in [-0.3, -0.25) is 0 Å². The maximum Gasteiger partial charge on any atom is 0.336 e. The van der Waals surface area contributed by atoms with E-state index in [-0.39, 0.29) is 5.56 Å². The second-order valence-corrected chi connectivity index (χ2v) is 6.67. The first-order chi connectivity index (χ1) is 11.4. The van der Waals surface area contributed by atoms with Crippen molar-refractivity contribution in [2.45, 2.75) is 13.8 Å². The molecule has 1 aromatic heterocycles. The van der Waals surface area contributed by atoms with Crippen LogP contribution in [0.1, 0.15) is 32.7 Å². The average Bonchev–Trinajstić information content (AvgIpc) is 2.53. The fraction of sp³-hybridized carbons (Fsp3) is 0.100. The first kappa shape index (κ1) is 16.4. The predicted octanol–water partition coefficient (Wildman–Crippen LogP) is 5.48. The summed E-state index contributed by atoms with van der Waals surface area (Å²) in [6, 6.07) is 13.3. The highest BCUT2D eigenvalue weighted by molar-refractivity contribution is 9.10. The van der Waals surface area contributed by atoms with Gasteiger partial charge >= 0.3 is 5.97 Å². The summed E-state index contributed by atoms with van der Waals surface area (Å²) in [6.07, 6.45) is 3.82. The largest absolute Gasteiger partial charge is 0.478 e. The summed E-state index contributed by atoms with van der Waals surface area (Å²) in [7, 11) is 0. The van der Waals surface area contributed by atoms with Gasteiger partial charge in [0.25, 0.3) is 0 Å². The van der Waals surface area contributed by atoms with E-state index in [9.17, 15) is 9.90 Å². The number of hydrogen-bond donors (Lipinski definition) is 1. The van der Waals surface area contributed by atoms with Crippen molar-refractivity contribution in [1.29, 1.82) is 0 Å². The lowest BCUT2D eigenvalue weighted by molar-refractivity contribution is 0.0699. The van der Waals surface area contributed by atoms with Gasteiger partial charge in [-0.1, -0.05) is 45.8 Å². The number of nitrogens with zero attached hydrogens (tertiary/aromatic N) is 1. The maximum absolute atomic E-state index is 11.6. The minimum Gasteiger partial charge on any atom is -0.478 e. The molecule has 0 saturated heterocycles. The molecule has 4 heteroatoms. The standard InChI is InChI=1S/C20H16BrNO2/c1-12-3-4-14(13(2)9-12)5-7-16-11-18(20(23)24)17-10-15(21)6-8-19(17)22-16/h3-11H,1-2H3,(H,23,24). The van der Waals surface area contributed by atoms with E-state index in [1.165, 1.54) is 11.1 Å². The Morgan fingerprint density at radius 1 is 1.08 bits per heavy atom. The van der Waals surface area contributed by atoms with Crippen LogP contribution < -0.4 is 0 Å². The number of carboxylic acid groups (broad SMARTS) is 1. The monoisotopic (exact) mass is 381 g/mol. The number of carbonyl (C=O) groups is 1. The van der Waals surface area contributed by atoms with Crippen LogP contribution in [0.25, 0.3) is 23.1 Å². The third-order valence-electron chi connectivity index (χ3n) is 3.88. The second-order valence-electron chi connectivity index (χ2n) is 5.75. The van der Waals surface area contributed by atoms with Crippen LogP contribution in [0.2, 0.25) is 0 Å². The molecule has 0 aliphatic rings. The zero-order valence-electron chi connectivity index (χ0n) is 13.4. The van der Waals surface area contributed by atoms with Gasteiger partial charge in [0.05, 0.1) is 16.8 Å². The molecule has 1 N–H and O–H groups in total. The number of halogens is 1. The molecule has 0 spiro atoms. The summed E-state index contributed by atoms with van der Waals surface area (Å²) in [5.74, 6) is -0.957. The van der Waals surface area contributed by atoms with Crippen molar-refractivity contribution in [3.63, 3.8) is 0 Å². The van der Waals surface area contributed by atoms with E-state index in [1.807, 2.05) is 24.3 Å². The van der Waals surface area contributed by atoms with E-state index in [4.69, 9.17) is 0 Å². The van der Waals surface area contributed by atoms with E-state index in [0.717, 1.165) is 10.0 Å². The van der Waals surface area contributed by atoms with E-state index in [1.54, 1.807) is 12.1 Å². The molecule has 3 rings (SSSR count). The van der Waals surface area contributed by atoms with Gasteiger partial charge in [-0.25, -0.2) is 9.78 Å².